The molecule has 0 bridgehead atoms. The maximum Gasteiger partial charge on any atom is 0.320 e. The van der Waals surface area contributed by atoms with Gasteiger partial charge in [-0.1, -0.05) is 19.4 Å². The summed E-state index contributed by atoms with van der Waals surface area (Å²) in [6.45, 7) is 4.10. The molecule has 4 nitrogen and oxygen atoms in total. The van der Waals surface area contributed by atoms with E-state index in [9.17, 15) is 4.79 Å². The van der Waals surface area contributed by atoms with Crippen molar-refractivity contribution in [1.29, 1.82) is 0 Å². The van der Waals surface area contributed by atoms with Crippen molar-refractivity contribution in [2.24, 2.45) is 0 Å². The maximum absolute atomic E-state index is 12.0. The number of thioether (sulfide) groups is 1. The number of pyridine rings is 1. The molecule has 104 valence electrons. The normalized spacial score (nSPS) is 22.2. The first-order chi connectivity index (χ1) is 9.20. The number of anilines is 1. The molecule has 0 spiro atoms. The van der Waals surface area contributed by atoms with Crippen LogP contribution in [0.4, 0.5) is 10.6 Å². The number of carbonyl (C=O) groups excluding carboxylic acids is 1. The van der Waals surface area contributed by atoms with Gasteiger partial charge in [-0.05, 0) is 37.1 Å². The highest BCUT2D eigenvalue weighted by molar-refractivity contribution is 7.99. The van der Waals surface area contributed by atoms with Crippen LogP contribution in [0.2, 0.25) is 0 Å². The van der Waals surface area contributed by atoms with Gasteiger partial charge in [0.15, 0.2) is 0 Å². The molecule has 0 aliphatic heterocycles. The Balaban J connectivity index is 1.89. The Kier molecular flexibility index (Phi) is 5.07. The van der Waals surface area contributed by atoms with Crippen molar-refractivity contribution in [3.63, 3.8) is 0 Å². The number of amides is 2. The van der Waals surface area contributed by atoms with Gasteiger partial charge < -0.3 is 5.32 Å². The van der Waals surface area contributed by atoms with Crippen molar-refractivity contribution < 1.29 is 4.79 Å². The van der Waals surface area contributed by atoms with Gasteiger partial charge in [0.1, 0.15) is 5.82 Å². The number of aryl methyl sites for hydroxylation is 1. The van der Waals surface area contributed by atoms with Crippen LogP contribution < -0.4 is 10.6 Å². The first-order valence-corrected chi connectivity index (χ1v) is 7.86. The Morgan fingerprint density at radius 1 is 1.53 bits per heavy atom. The third kappa shape index (κ3) is 3.86. The highest BCUT2D eigenvalue weighted by atomic mass is 32.2. The molecule has 2 rings (SSSR count). The molecule has 0 aromatic carbocycles. The quantitative estimate of drug-likeness (QED) is 0.890. The van der Waals surface area contributed by atoms with Crippen molar-refractivity contribution in [2.75, 3.05) is 11.1 Å². The SMILES string of the molecule is CCS[C@H]1CCC[C@H]1NC(=O)Nc1ncccc1C. The molecule has 1 heterocycles. The van der Waals surface area contributed by atoms with E-state index in [0.717, 1.165) is 17.7 Å². The van der Waals surface area contributed by atoms with Gasteiger partial charge in [0.05, 0.1) is 0 Å². The van der Waals surface area contributed by atoms with E-state index in [0.29, 0.717) is 11.1 Å². The number of carbonyl (C=O) groups is 1. The van der Waals surface area contributed by atoms with E-state index in [2.05, 4.69) is 22.5 Å². The molecule has 0 saturated heterocycles. The van der Waals surface area contributed by atoms with Gasteiger partial charge in [0.2, 0.25) is 0 Å². The lowest BCUT2D eigenvalue weighted by Crippen LogP contribution is -2.41. The first kappa shape index (κ1) is 14.2. The van der Waals surface area contributed by atoms with Crippen LogP contribution in [0.3, 0.4) is 0 Å². The summed E-state index contributed by atoms with van der Waals surface area (Å²) in [6.07, 6.45) is 5.16. The number of nitrogens with zero attached hydrogens (tertiary/aromatic N) is 1. The summed E-state index contributed by atoms with van der Waals surface area (Å²) in [6, 6.07) is 3.95. The van der Waals surface area contributed by atoms with E-state index in [1.165, 1.54) is 12.8 Å². The van der Waals surface area contributed by atoms with E-state index in [-0.39, 0.29) is 12.1 Å². The minimum absolute atomic E-state index is 0.143. The minimum atomic E-state index is -0.143. The van der Waals surface area contributed by atoms with Crippen molar-refractivity contribution in [3.8, 4) is 0 Å². The van der Waals surface area contributed by atoms with E-state index < -0.39 is 0 Å². The second-order valence-corrected chi connectivity index (χ2v) is 6.31. The van der Waals surface area contributed by atoms with Gasteiger partial charge in [-0.15, -0.1) is 0 Å². The van der Waals surface area contributed by atoms with Gasteiger partial charge in [0.25, 0.3) is 0 Å². The zero-order chi connectivity index (χ0) is 13.7. The minimum Gasteiger partial charge on any atom is -0.334 e. The number of urea groups is 1. The van der Waals surface area contributed by atoms with Gasteiger partial charge >= 0.3 is 6.03 Å². The topological polar surface area (TPSA) is 54.0 Å². The molecule has 19 heavy (non-hydrogen) atoms. The van der Waals surface area contributed by atoms with Crippen LogP contribution in [0.5, 0.6) is 0 Å². The summed E-state index contributed by atoms with van der Waals surface area (Å²) >= 11 is 1.94. The number of hydrogen-bond acceptors (Lipinski definition) is 3. The van der Waals surface area contributed by atoms with Crippen molar-refractivity contribution in [3.05, 3.63) is 23.9 Å². The van der Waals surface area contributed by atoms with E-state index in [4.69, 9.17) is 0 Å². The predicted molar refractivity (Wildman–Crippen MR) is 80.7 cm³/mol. The van der Waals surface area contributed by atoms with Crippen molar-refractivity contribution in [1.82, 2.24) is 10.3 Å². The number of rotatable bonds is 4. The fraction of sp³-hybridized carbons (Fsp3) is 0.571. The second-order valence-electron chi connectivity index (χ2n) is 4.80. The lowest BCUT2D eigenvalue weighted by atomic mass is 10.2. The number of aromatic nitrogens is 1. The Labute approximate surface area is 118 Å². The Morgan fingerprint density at radius 2 is 2.37 bits per heavy atom. The molecule has 1 fully saturated rings. The summed E-state index contributed by atoms with van der Waals surface area (Å²) in [4.78, 5) is 16.2. The molecule has 0 unspecified atom stereocenters. The molecule has 1 aliphatic carbocycles. The summed E-state index contributed by atoms with van der Waals surface area (Å²) in [5.74, 6) is 1.74. The molecule has 1 saturated carbocycles. The molecule has 1 aromatic rings. The summed E-state index contributed by atoms with van der Waals surface area (Å²) in [7, 11) is 0. The molecule has 1 aromatic heterocycles. The third-order valence-electron chi connectivity index (χ3n) is 3.39. The predicted octanol–water partition coefficient (Wildman–Crippen LogP) is 3.19. The monoisotopic (exact) mass is 279 g/mol. The summed E-state index contributed by atoms with van der Waals surface area (Å²) in [5, 5.41) is 6.46. The molecule has 2 N–H and O–H groups in total. The smallest absolute Gasteiger partial charge is 0.320 e. The van der Waals surface area contributed by atoms with Crippen LogP contribution in [0.15, 0.2) is 18.3 Å². The molecule has 1 aliphatic rings. The third-order valence-corrected chi connectivity index (χ3v) is 4.72. The number of hydrogen-bond donors (Lipinski definition) is 2. The molecule has 2 atom stereocenters. The fourth-order valence-electron chi connectivity index (χ4n) is 2.43. The van der Waals surface area contributed by atoms with E-state index in [1.807, 2.05) is 30.8 Å². The maximum atomic E-state index is 12.0. The Hall–Kier alpha value is -1.23. The largest absolute Gasteiger partial charge is 0.334 e. The zero-order valence-corrected chi connectivity index (χ0v) is 12.3. The van der Waals surface area contributed by atoms with Gasteiger partial charge in [-0.2, -0.15) is 11.8 Å². The molecule has 5 heteroatoms. The van der Waals surface area contributed by atoms with Crippen LogP contribution in [0.25, 0.3) is 0 Å². The highest BCUT2D eigenvalue weighted by Crippen LogP contribution is 2.29. The Morgan fingerprint density at radius 3 is 3.11 bits per heavy atom. The molecular weight excluding hydrogens is 258 g/mol. The summed E-state index contributed by atoms with van der Waals surface area (Å²) in [5.41, 5.74) is 0.976. The highest BCUT2D eigenvalue weighted by Gasteiger charge is 2.28. The average molecular weight is 279 g/mol. The van der Waals surface area contributed by atoms with Crippen LogP contribution >= 0.6 is 11.8 Å². The second kappa shape index (κ2) is 6.80. The lowest BCUT2D eigenvalue weighted by Gasteiger charge is -2.20. The number of nitrogens with one attached hydrogen (secondary N) is 2. The van der Waals surface area contributed by atoms with Gasteiger partial charge in [0, 0.05) is 17.5 Å². The van der Waals surface area contributed by atoms with E-state index in [1.54, 1.807) is 6.20 Å². The van der Waals surface area contributed by atoms with Gasteiger partial charge in [-0.3, -0.25) is 5.32 Å². The molecule has 0 radical (unpaired) electrons. The standard InChI is InChI=1S/C14H21N3OS/c1-3-19-12-8-4-7-11(12)16-14(18)17-13-10(2)6-5-9-15-13/h5-6,9,11-12H,3-4,7-8H2,1-2H3,(H2,15,16,17,18)/t11-,12+/m1/s1. The summed E-state index contributed by atoms with van der Waals surface area (Å²) < 4.78 is 0. The molecular formula is C14H21N3OS. The fourth-order valence-corrected chi connectivity index (χ4v) is 3.63. The van der Waals surface area contributed by atoms with Crippen LogP contribution in [-0.4, -0.2) is 28.1 Å². The lowest BCUT2D eigenvalue weighted by molar-refractivity contribution is 0.248. The van der Waals surface area contributed by atoms with Crippen molar-refractivity contribution in [2.45, 2.75) is 44.4 Å². The van der Waals surface area contributed by atoms with Crippen molar-refractivity contribution >= 4 is 23.6 Å². The molecule has 2 amide bonds. The Bertz CT molecular complexity index is 438. The first-order valence-electron chi connectivity index (χ1n) is 6.81. The van der Waals surface area contributed by atoms with E-state index >= 15 is 0 Å². The van der Waals surface area contributed by atoms with Crippen LogP contribution in [0.1, 0.15) is 31.7 Å². The van der Waals surface area contributed by atoms with Gasteiger partial charge in [-0.25, -0.2) is 9.78 Å². The van der Waals surface area contributed by atoms with Crippen LogP contribution in [0, 0.1) is 6.92 Å². The zero-order valence-electron chi connectivity index (χ0n) is 11.5. The van der Waals surface area contributed by atoms with Crippen LogP contribution in [-0.2, 0) is 0 Å². The average Bonchev–Trinajstić information content (AvgIpc) is 2.80.